The predicted octanol–water partition coefficient (Wildman–Crippen LogP) is 4.73. The highest BCUT2D eigenvalue weighted by molar-refractivity contribution is 5.76. The van der Waals surface area contributed by atoms with Gasteiger partial charge in [-0.25, -0.2) is 4.98 Å². The van der Waals surface area contributed by atoms with Crippen molar-refractivity contribution in [1.82, 2.24) is 4.98 Å². The quantitative estimate of drug-likeness (QED) is 0.763. The van der Waals surface area contributed by atoms with Crippen LogP contribution in [0.25, 0.3) is 11.1 Å². The summed E-state index contributed by atoms with van der Waals surface area (Å²) >= 11 is 0. The van der Waals surface area contributed by atoms with Crippen molar-refractivity contribution in [1.29, 1.82) is 0 Å². The van der Waals surface area contributed by atoms with Crippen LogP contribution in [0.3, 0.4) is 0 Å². The molecule has 0 bridgehead atoms. The minimum absolute atomic E-state index is 0.417. The highest BCUT2D eigenvalue weighted by atomic mass is 16.3. The first-order chi connectivity index (χ1) is 9.43. The second-order valence-electron chi connectivity index (χ2n) is 7.19. The number of hydrogen-bond acceptors (Lipinski definition) is 3. The van der Waals surface area contributed by atoms with E-state index in [9.17, 15) is 0 Å². The topological polar surface area (TPSA) is 52.0 Å². The number of anilines is 1. The Labute approximate surface area is 120 Å². The molecule has 1 fully saturated rings. The summed E-state index contributed by atoms with van der Waals surface area (Å²) in [6.07, 6.45) is 4.92. The Morgan fingerprint density at radius 1 is 1.15 bits per heavy atom. The Morgan fingerprint density at radius 2 is 1.85 bits per heavy atom. The van der Waals surface area contributed by atoms with Crippen molar-refractivity contribution in [2.24, 2.45) is 11.3 Å². The van der Waals surface area contributed by atoms with Crippen molar-refractivity contribution < 1.29 is 4.42 Å². The zero-order chi connectivity index (χ0) is 14.3. The molecule has 1 heterocycles. The van der Waals surface area contributed by atoms with Gasteiger partial charge in [0.15, 0.2) is 11.5 Å². The van der Waals surface area contributed by atoms with Crippen molar-refractivity contribution in [3.63, 3.8) is 0 Å². The Hall–Kier alpha value is -1.51. The minimum Gasteiger partial charge on any atom is -0.440 e. The average Bonchev–Trinajstić information content (AvgIpc) is 2.80. The fourth-order valence-electron chi connectivity index (χ4n) is 3.34. The molecule has 2 aromatic rings. The largest absolute Gasteiger partial charge is 0.440 e. The molecule has 1 aliphatic carbocycles. The third-order valence-electron chi connectivity index (χ3n) is 4.73. The standard InChI is InChI=1S/C17H24N2O/c1-17(2,3)12-6-4-11(5-7-12)16-19-14-10-13(18)8-9-15(14)20-16/h8-12H,4-7,18H2,1-3H3. The van der Waals surface area contributed by atoms with Gasteiger partial charge in [0, 0.05) is 11.6 Å². The normalized spacial score (nSPS) is 24.1. The zero-order valence-corrected chi connectivity index (χ0v) is 12.6. The van der Waals surface area contributed by atoms with Crippen LogP contribution in [-0.4, -0.2) is 4.98 Å². The molecule has 2 N–H and O–H groups in total. The predicted molar refractivity (Wildman–Crippen MR) is 82.6 cm³/mol. The first kappa shape index (κ1) is 13.5. The maximum Gasteiger partial charge on any atom is 0.198 e. The molecule has 3 rings (SSSR count). The lowest BCUT2D eigenvalue weighted by molar-refractivity contribution is 0.162. The van der Waals surface area contributed by atoms with Gasteiger partial charge in [-0.2, -0.15) is 0 Å². The van der Waals surface area contributed by atoms with Crippen LogP contribution in [0.4, 0.5) is 5.69 Å². The third kappa shape index (κ3) is 2.54. The summed E-state index contributed by atoms with van der Waals surface area (Å²) in [7, 11) is 0. The molecule has 0 saturated heterocycles. The summed E-state index contributed by atoms with van der Waals surface area (Å²) in [6.45, 7) is 7.04. The molecule has 1 aliphatic rings. The van der Waals surface area contributed by atoms with Crippen LogP contribution < -0.4 is 5.73 Å². The summed E-state index contributed by atoms with van der Waals surface area (Å²) in [6, 6.07) is 5.68. The van der Waals surface area contributed by atoms with E-state index in [1.54, 1.807) is 0 Å². The summed E-state index contributed by atoms with van der Waals surface area (Å²) in [4.78, 5) is 4.64. The Balaban J connectivity index is 1.76. The smallest absolute Gasteiger partial charge is 0.198 e. The van der Waals surface area contributed by atoms with Gasteiger partial charge in [-0.3, -0.25) is 0 Å². The van der Waals surface area contributed by atoms with E-state index in [1.165, 1.54) is 25.7 Å². The number of nitrogen functional groups attached to an aromatic ring is 1. The van der Waals surface area contributed by atoms with Gasteiger partial charge in [0.1, 0.15) is 5.52 Å². The van der Waals surface area contributed by atoms with Gasteiger partial charge in [0.2, 0.25) is 0 Å². The lowest BCUT2D eigenvalue weighted by Crippen LogP contribution is -2.25. The van der Waals surface area contributed by atoms with Crippen LogP contribution >= 0.6 is 0 Å². The monoisotopic (exact) mass is 272 g/mol. The lowest BCUT2D eigenvalue weighted by atomic mass is 9.70. The maximum atomic E-state index is 5.92. The minimum atomic E-state index is 0.417. The summed E-state index contributed by atoms with van der Waals surface area (Å²) in [5, 5.41) is 0. The van der Waals surface area contributed by atoms with Crippen LogP contribution in [0.15, 0.2) is 22.6 Å². The molecule has 3 heteroatoms. The molecule has 20 heavy (non-hydrogen) atoms. The Morgan fingerprint density at radius 3 is 2.50 bits per heavy atom. The van der Waals surface area contributed by atoms with Crippen LogP contribution in [-0.2, 0) is 0 Å². The van der Waals surface area contributed by atoms with Crippen LogP contribution in [0.1, 0.15) is 58.3 Å². The van der Waals surface area contributed by atoms with E-state index in [4.69, 9.17) is 10.2 Å². The maximum absolute atomic E-state index is 5.92. The number of fused-ring (bicyclic) bond motifs is 1. The second-order valence-corrected chi connectivity index (χ2v) is 7.19. The molecule has 0 radical (unpaired) electrons. The molecule has 0 atom stereocenters. The van der Waals surface area contributed by atoms with E-state index in [2.05, 4.69) is 25.8 Å². The molecule has 1 aromatic carbocycles. The van der Waals surface area contributed by atoms with E-state index in [1.807, 2.05) is 18.2 Å². The van der Waals surface area contributed by atoms with Gasteiger partial charge in [-0.1, -0.05) is 20.8 Å². The van der Waals surface area contributed by atoms with Crippen LogP contribution in [0.5, 0.6) is 0 Å². The molecule has 0 aliphatic heterocycles. The average molecular weight is 272 g/mol. The number of hydrogen-bond donors (Lipinski definition) is 1. The number of rotatable bonds is 1. The molecule has 0 spiro atoms. The lowest BCUT2D eigenvalue weighted by Gasteiger charge is -2.36. The Bertz CT molecular complexity index is 601. The van der Waals surface area contributed by atoms with E-state index < -0.39 is 0 Å². The highest BCUT2D eigenvalue weighted by Crippen LogP contribution is 2.43. The molecule has 0 unspecified atom stereocenters. The van der Waals surface area contributed by atoms with E-state index >= 15 is 0 Å². The highest BCUT2D eigenvalue weighted by Gasteiger charge is 2.32. The molecule has 108 valence electrons. The first-order valence-electron chi connectivity index (χ1n) is 7.59. The number of nitrogens with zero attached hydrogens (tertiary/aromatic N) is 1. The Kier molecular flexibility index (Phi) is 3.23. The van der Waals surface area contributed by atoms with Gasteiger partial charge in [-0.05, 0) is 55.2 Å². The van der Waals surface area contributed by atoms with Gasteiger partial charge < -0.3 is 10.2 Å². The molecule has 3 nitrogen and oxygen atoms in total. The number of aromatic nitrogens is 1. The van der Waals surface area contributed by atoms with Crippen molar-refractivity contribution in [2.75, 3.05) is 5.73 Å². The van der Waals surface area contributed by atoms with Gasteiger partial charge in [0.05, 0.1) is 0 Å². The third-order valence-corrected chi connectivity index (χ3v) is 4.73. The fourth-order valence-corrected chi connectivity index (χ4v) is 3.34. The van der Waals surface area contributed by atoms with Crippen molar-refractivity contribution in [2.45, 2.75) is 52.4 Å². The fraction of sp³-hybridized carbons (Fsp3) is 0.588. The van der Waals surface area contributed by atoms with Crippen LogP contribution in [0, 0.1) is 11.3 Å². The van der Waals surface area contributed by atoms with Crippen molar-refractivity contribution in [3.8, 4) is 0 Å². The zero-order valence-electron chi connectivity index (χ0n) is 12.6. The van der Waals surface area contributed by atoms with Gasteiger partial charge in [-0.15, -0.1) is 0 Å². The number of benzene rings is 1. The first-order valence-corrected chi connectivity index (χ1v) is 7.59. The number of oxazole rings is 1. The van der Waals surface area contributed by atoms with E-state index in [0.29, 0.717) is 11.3 Å². The second kappa shape index (κ2) is 4.80. The summed E-state index contributed by atoms with van der Waals surface area (Å²) in [5.41, 5.74) is 8.70. The SMILES string of the molecule is CC(C)(C)C1CCC(c2nc3cc(N)ccc3o2)CC1. The van der Waals surface area contributed by atoms with E-state index in [0.717, 1.165) is 28.6 Å². The molecule has 1 aromatic heterocycles. The molecule has 0 amide bonds. The van der Waals surface area contributed by atoms with Crippen molar-refractivity contribution in [3.05, 3.63) is 24.1 Å². The van der Waals surface area contributed by atoms with E-state index in [-0.39, 0.29) is 0 Å². The van der Waals surface area contributed by atoms with Crippen molar-refractivity contribution >= 4 is 16.8 Å². The molecular formula is C17H24N2O. The summed E-state index contributed by atoms with van der Waals surface area (Å²) in [5.74, 6) is 2.19. The molecule has 1 saturated carbocycles. The van der Waals surface area contributed by atoms with Gasteiger partial charge in [0.25, 0.3) is 0 Å². The molecular weight excluding hydrogens is 248 g/mol. The summed E-state index contributed by atoms with van der Waals surface area (Å²) < 4.78 is 5.92. The number of nitrogens with two attached hydrogens (primary N) is 1. The van der Waals surface area contributed by atoms with Gasteiger partial charge >= 0.3 is 0 Å². The van der Waals surface area contributed by atoms with Crippen LogP contribution in [0.2, 0.25) is 0 Å².